The van der Waals surface area contributed by atoms with Crippen LogP contribution in [0.3, 0.4) is 0 Å². The van der Waals surface area contributed by atoms with Gasteiger partial charge in [0.05, 0.1) is 19.8 Å². The Balaban J connectivity index is 1.42. The molecule has 6 heteroatoms. The second kappa shape index (κ2) is 16.0. The maximum atomic E-state index is 12.3. The maximum Gasteiger partial charge on any atom is 0.306 e. The van der Waals surface area contributed by atoms with Gasteiger partial charge in [-0.25, -0.2) is 0 Å². The number of rotatable bonds is 19. The first-order valence-electron chi connectivity index (χ1n) is 13.4. The van der Waals surface area contributed by atoms with Crippen molar-refractivity contribution in [3.8, 4) is 0 Å². The van der Waals surface area contributed by atoms with E-state index >= 15 is 0 Å². The summed E-state index contributed by atoms with van der Waals surface area (Å²) in [4.78, 5) is 12.3. The Hall–Kier alpha value is -0.690. The highest BCUT2D eigenvalue weighted by molar-refractivity contribution is 5.69. The molecule has 0 bridgehead atoms. The van der Waals surface area contributed by atoms with E-state index in [1.54, 1.807) is 0 Å². The molecule has 0 spiro atoms. The second-order valence-corrected chi connectivity index (χ2v) is 9.80. The van der Waals surface area contributed by atoms with Gasteiger partial charge in [0.25, 0.3) is 0 Å². The van der Waals surface area contributed by atoms with E-state index in [0.717, 1.165) is 19.3 Å². The van der Waals surface area contributed by atoms with Gasteiger partial charge in [0, 0.05) is 12.8 Å². The van der Waals surface area contributed by atoms with E-state index in [1.807, 2.05) is 0 Å². The molecule has 0 amide bonds. The molecular weight excluding hydrogens is 408 g/mol. The van der Waals surface area contributed by atoms with Gasteiger partial charge in [0.2, 0.25) is 0 Å². The van der Waals surface area contributed by atoms with Crippen LogP contribution in [0.1, 0.15) is 116 Å². The van der Waals surface area contributed by atoms with Gasteiger partial charge in [-0.3, -0.25) is 4.79 Å². The summed E-state index contributed by atoms with van der Waals surface area (Å²) in [6.07, 6.45) is 18.1. The highest BCUT2D eigenvalue weighted by atomic mass is 16.6. The molecule has 0 unspecified atom stereocenters. The lowest BCUT2D eigenvalue weighted by molar-refractivity contribution is -0.241. The van der Waals surface area contributed by atoms with Crippen molar-refractivity contribution in [3.05, 3.63) is 0 Å². The molecule has 2 aliphatic rings. The predicted octanol–water partition coefficient (Wildman–Crippen LogP) is 5.07. The third-order valence-electron chi connectivity index (χ3n) is 7.08. The highest BCUT2D eigenvalue weighted by Crippen LogP contribution is 2.38. The Morgan fingerprint density at radius 2 is 1.41 bits per heavy atom. The lowest BCUT2D eigenvalue weighted by atomic mass is 9.85. The quantitative estimate of drug-likeness (QED) is 0.208. The summed E-state index contributed by atoms with van der Waals surface area (Å²) in [6, 6.07) is 0. The molecule has 188 valence electrons. The fourth-order valence-corrected chi connectivity index (χ4v) is 4.84. The number of unbranched alkanes of at least 4 members (excludes halogenated alkanes) is 14. The zero-order valence-electron chi connectivity index (χ0n) is 20.4. The molecular formula is C26H48O6. The molecule has 4 atom stereocenters. The van der Waals surface area contributed by atoms with Crippen LogP contribution < -0.4 is 0 Å². The van der Waals surface area contributed by atoms with E-state index in [2.05, 4.69) is 6.92 Å². The lowest BCUT2D eigenvalue weighted by Crippen LogP contribution is -2.60. The third kappa shape index (κ3) is 9.28. The van der Waals surface area contributed by atoms with Crippen molar-refractivity contribution in [2.45, 2.75) is 140 Å². The van der Waals surface area contributed by atoms with Gasteiger partial charge in [-0.15, -0.1) is 0 Å². The molecule has 0 radical (unpaired) electrons. The Morgan fingerprint density at radius 1 is 0.906 bits per heavy atom. The zero-order chi connectivity index (χ0) is 23.1. The van der Waals surface area contributed by atoms with Gasteiger partial charge in [-0.2, -0.15) is 0 Å². The first-order chi connectivity index (χ1) is 15.6. The first kappa shape index (κ1) is 27.6. The Kier molecular flexibility index (Phi) is 13.8. The molecule has 2 rings (SSSR count). The van der Waals surface area contributed by atoms with Crippen LogP contribution in [0, 0.1) is 0 Å². The molecule has 0 saturated carbocycles. The van der Waals surface area contributed by atoms with E-state index in [4.69, 9.17) is 14.2 Å². The van der Waals surface area contributed by atoms with Gasteiger partial charge >= 0.3 is 5.97 Å². The minimum absolute atomic E-state index is 0.104. The molecule has 6 nitrogen and oxygen atoms in total. The summed E-state index contributed by atoms with van der Waals surface area (Å²) in [5.41, 5.74) is -0.836. The standard InChI is InChI=1S/C26H48O6/c1-2-3-4-5-6-7-8-9-10-11-12-13-14-15-16-17-23(29)32-24-22(28)20-30-25(24)26(21-27)18-19-31-26/h22,24-25,27-28H,2-21H2,1H3/t22-,24+,25-,26+/m0/s1. The Labute approximate surface area is 195 Å². The zero-order valence-corrected chi connectivity index (χ0v) is 20.4. The van der Waals surface area contributed by atoms with Crippen molar-refractivity contribution < 1.29 is 29.2 Å². The number of hydrogen-bond acceptors (Lipinski definition) is 6. The van der Waals surface area contributed by atoms with Crippen molar-refractivity contribution in [3.63, 3.8) is 0 Å². The van der Waals surface area contributed by atoms with E-state index in [0.29, 0.717) is 19.4 Å². The smallest absolute Gasteiger partial charge is 0.306 e. The topological polar surface area (TPSA) is 85.2 Å². The predicted molar refractivity (Wildman–Crippen MR) is 126 cm³/mol. The minimum Gasteiger partial charge on any atom is -0.457 e. The molecule has 0 aromatic carbocycles. The molecule has 2 aliphatic heterocycles. The Morgan fingerprint density at radius 3 is 1.84 bits per heavy atom. The number of esters is 1. The molecule has 0 aromatic heterocycles. The van der Waals surface area contributed by atoms with Crippen LogP contribution in [0.5, 0.6) is 0 Å². The van der Waals surface area contributed by atoms with E-state index in [9.17, 15) is 15.0 Å². The third-order valence-corrected chi connectivity index (χ3v) is 7.08. The van der Waals surface area contributed by atoms with Gasteiger partial charge in [-0.05, 0) is 6.42 Å². The summed E-state index contributed by atoms with van der Waals surface area (Å²) in [5, 5.41) is 19.8. The molecule has 0 aliphatic carbocycles. The van der Waals surface area contributed by atoms with Crippen molar-refractivity contribution in [1.29, 1.82) is 0 Å². The van der Waals surface area contributed by atoms with Crippen molar-refractivity contribution >= 4 is 5.97 Å². The van der Waals surface area contributed by atoms with Crippen LogP contribution in [-0.4, -0.2) is 59.9 Å². The Bertz CT molecular complexity index is 487. The first-order valence-corrected chi connectivity index (χ1v) is 13.4. The maximum absolute atomic E-state index is 12.3. The van der Waals surface area contributed by atoms with Crippen molar-refractivity contribution in [2.75, 3.05) is 19.8 Å². The van der Waals surface area contributed by atoms with Gasteiger partial charge < -0.3 is 24.4 Å². The van der Waals surface area contributed by atoms with Crippen LogP contribution in [0.2, 0.25) is 0 Å². The van der Waals surface area contributed by atoms with Crippen LogP contribution in [0.4, 0.5) is 0 Å². The fraction of sp³-hybridized carbons (Fsp3) is 0.962. The van der Waals surface area contributed by atoms with E-state index in [1.165, 1.54) is 77.0 Å². The minimum atomic E-state index is -0.863. The van der Waals surface area contributed by atoms with Crippen LogP contribution in [0.15, 0.2) is 0 Å². The molecule has 0 aromatic rings. The summed E-state index contributed by atoms with van der Waals surface area (Å²) in [6.45, 7) is 2.72. The van der Waals surface area contributed by atoms with Gasteiger partial charge in [0.15, 0.2) is 6.10 Å². The molecule has 2 saturated heterocycles. The van der Waals surface area contributed by atoms with E-state index in [-0.39, 0.29) is 19.2 Å². The van der Waals surface area contributed by atoms with Crippen molar-refractivity contribution in [1.82, 2.24) is 0 Å². The molecule has 2 heterocycles. The average molecular weight is 457 g/mol. The average Bonchev–Trinajstić information content (AvgIpc) is 3.11. The number of aliphatic hydroxyl groups is 2. The summed E-state index contributed by atoms with van der Waals surface area (Å²) < 4.78 is 16.7. The van der Waals surface area contributed by atoms with Crippen LogP contribution in [-0.2, 0) is 19.0 Å². The van der Waals surface area contributed by atoms with Gasteiger partial charge in [0.1, 0.15) is 17.8 Å². The number of ether oxygens (including phenoxy) is 3. The van der Waals surface area contributed by atoms with Crippen LogP contribution in [0.25, 0.3) is 0 Å². The summed E-state index contributed by atoms with van der Waals surface area (Å²) >= 11 is 0. The van der Waals surface area contributed by atoms with E-state index < -0.39 is 23.9 Å². The SMILES string of the molecule is CCCCCCCCCCCCCCCCCC(=O)O[C@@H]1[C@@H](O)CO[C@@H]1[C@]1(CO)CCO1. The number of hydrogen-bond donors (Lipinski definition) is 2. The highest BCUT2D eigenvalue weighted by Gasteiger charge is 2.55. The van der Waals surface area contributed by atoms with Crippen LogP contribution >= 0.6 is 0 Å². The number of carbonyl (C=O) groups is 1. The number of carbonyl (C=O) groups excluding carboxylic acids is 1. The normalized spacial score (nSPS) is 27.4. The molecule has 2 fully saturated rings. The largest absolute Gasteiger partial charge is 0.457 e. The second-order valence-electron chi connectivity index (χ2n) is 9.80. The monoisotopic (exact) mass is 456 g/mol. The molecule has 2 N–H and O–H groups in total. The van der Waals surface area contributed by atoms with Gasteiger partial charge in [-0.1, -0.05) is 96.8 Å². The summed E-state index contributed by atoms with van der Waals surface area (Å²) in [5.74, 6) is -0.299. The van der Waals surface area contributed by atoms with Crippen molar-refractivity contribution in [2.24, 2.45) is 0 Å². The lowest BCUT2D eigenvalue weighted by Gasteiger charge is -2.45. The fourth-order valence-electron chi connectivity index (χ4n) is 4.84. The number of aliphatic hydroxyl groups excluding tert-OH is 2. The summed E-state index contributed by atoms with van der Waals surface area (Å²) in [7, 11) is 0. The molecule has 32 heavy (non-hydrogen) atoms.